The molecule has 0 fully saturated rings. The van der Waals surface area contributed by atoms with Gasteiger partial charge < -0.3 is 15.3 Å². The molecule has 0 unspecified atom stereocenters. The molecule has 0 aliphatic rings. The van der Waals surface area contributed by atoms with Gasteiger partial charge in [0.15, 0.2) is 0 Å². The average molecular weight is 368 g/mol. The third-order valence-electron chi connectivity index (χ3n) is 4.20. The molecule has 0 saturated heterocycles. The molecule has 0 saturated carbocycles. The summed E-state index contributed by atoms with van der Waals surface area (Å²) < 4.78 is 0. The van der Waals surface area contributed by atoms with Crippen LogP contribution < -0.4 is 5.32 Å². The van der Waals surface area contributed by atoms with Crippen LogP contribution in [-0.4, -0.2) is 47.4 Å². The highest BCUT2D eigenvalue weighted by Crippen LogP contribution is 2.06. The molecule has 27 heavy (non-hydrogen) atoms. The summed E-state index contributed by atoms with van der Waals surface area (Å²) in [4.78, 5) is 36.4. The van der Waals surface area contributed by atoms with E-state index in [4.69, 9.17) is 5.11 Å². The van der Waals surface area contributed by atoms with E-state index in [9.17, 15) is 14.4 Å². The van der Waals surface area contributed by atoms with E-state index in [2.05, 4.69) is 5.32 Å². The first-order chi connectivity index (χ1) is 13.0. The third kappa shape index (κ3) is 6.93. The zero-order chi connectivity index (χ0) is 19.6. The number of aromatic carboxylic acids is 1. The SMILES string of the molecule is CC(=O)N(CCc1ccccc1)CC(=O)NCCc1cccc(C(=O)O)c1. The van der Waals surface area contributed by atoms with Crippen LogP contribution in [0.15, 0.2) is 54.6 Å². The molecular weight excluding hydrogens is 344 g/mol. The van der Waals surface area contributed by atoms with Crippen molar-refractivity contribution in [2.75, 3.05) is 19.6 Å². The van der Waals surface area contributed by atoms with Gasteiger partial charge in [-0.25, -0.2) is 4.79 Å². The molecule has 2 N–H and O–H groups in total. The largest absolute Gasteiger partial charge is 0.478 e. The molecule has 0 atom stereocenters. The second kappa shape index (κ2) is 10.1. The fourth-order valence-corrected chi connectivity index (χ4v) is 2.69. The maximum absolute atomic E-state index is 12.1. The van der Waals surface area contributed by atoms with Gasteiger partial charge in [0.2, 0.25) is 11.8 Å². The summed E-state index contributed by atoms with van der Waals surface area (Å²) >= 11 is 0. The van der Waals surface area contributed by atoms with E-state index in [1.54, 1.807) is 12.1 Å². The highest BCUT2D eigenvalue weighted by Gasteiger charge is 2.13. The molecular formula is C21H24N2O4. The number of carbonyl (C=O) groups excluding carboxylic acids is 2. The number of carbonyl (C=O) groups is 3. The molecule has 0 spiro atoms. The molecule has 2 rings (SSSR count). The van der Waals surface area contributed by atoms with Crippen molar-refractivity contribution in [2.24, 2.45) is 0 Å². The van der Waals surface area contributed by atoms with Crippen LogP contribution in [0, 0.1) is 0 Å². The topological polar surface area (TPSA) is 86.7 Å². The van der Waals surface area contributed by atoms with Crippen LogP contribution in [0.2, 0.25) is 0 Å². The zero-order valence-corrected chi connectivity index (χ0v) is 15.4. The van der Waals surface area contributed by atoms with Crippen LogP contribution in [-0.2, 0) is 22.4 Å². The lowest BCUT2D eigenvalue weighted by atomic mass is 10.1. The molecule has 2 amide bonds. The Morgan fingerprint density at radius 2 is 1.67 bits per heavy atom. The molecule has 0 aromatic heterocycles. The first-order valence-electron chi connectivity index (χ1n) is 8.84. The summed E-state index contributed by atoms with van der Waals surface area (Å²) in [5.74, 6) is -1.35. The summed E-state index contributed by atoms with van der Waals surface area (Å²) in [6.45, 7) is 2.33. The van der Waals surface area contributed by atoms with Crippen molar-refractivity contribution < 1.29 is 19.5 Å². The molecule has 0 aliphatic heterocycles. The number of hydrogen-bond donors (Lipinski definition) is 2. The molecule has 0 heterocycles. The van der Waals surface area contributed by atoms with Gasteiger partial charge in [0.05, 0.1) is 12.1 Å². The molecule has 6 nitrogen and oxygen atoms in total. The Bertz CT molecular complexity index is 790. The molecule has 6 heteroatoms. The van der Waals surface area contributed by atoms with Crippen LogP contribution in [0.4, 0.5) is 0 Å². The molecule has 2 aromatic rings. The van der Waals surface area contributed by atoms with Gasteiger partial charge >= 0.3 is 5.97 Å². The quantitative estimate of drug-likeness (QED) is 0.710. The Hall–Kier alpha value is -3.15. The van der Waals surface area contributed by atoms with Crippen molar-refractivity contribution in [3.63, 3.8) is 0 Å². The second-order valence-electron chi connectivity index (χ2n) is 6.28. The van der Waals surface area contributed by atoms with Gasteiger partial charge in [0.25, 0.3) is 0 Å². The maximum atomic E-state index is 12.1. The molecule has 142 valence electrons. The number of benzene rings is 2. The number of hydrogen-bond acceptors (Lipinski definition) is 3. The second-order valence-corrected chi connectivity index (χ2v) is 6.28. The summed E-state index contributed by atoms with van der Waals surface area (Å²) in [7, 11) is 0. The fraction of sp³-hybridized carbons (Fsp3) is 0.286. The lowest BCUT2D eigenvalue weighted by Gasteiger charge is -2.20. The van der Waals surface area contributed by atoms with Crippen molar-refractivity contribution in [1.82, 2.24) is 10.2 Å². The Morgan fingerprint density at radius 1 is 0.963 bits per heavy atom. The summed E-state index contributed by atoms with van der Waals surface area (Å²) in [5, 5.41) is 11.8. The Balaban J connectivity index is 1.79. The van der Waals surface area contributed by atoms with E-state index >= 15 is 0 Å². The van der Waals surface area contributed by atoms with Crippen molar-refractivity contribution in [3.05, 3.63) is 71.3 Å². The van der Waals surface area contributed by atoms with Gasteiger partial charge in [-0.1, -0.05) is 42.5 Å². The zero-order valence-electron chi connectivity index (χ0n) is 15.4. The van der Waals surface area contributed by atoms with E-state index in [1.165, 1.54) is 17.9 Å². The Labute approximate surface area is 158 Å². The fourth-order valence-electron chi connectivity index (χ4n) is 2.69. The molecule has 0 bridgehead atoms. The van der Waals surface area contributed by atoms with Gasteiger partial charge in [-0.15, -0.1) is 0 Å². The van der Waals surface area contributed by atoms with Crippen LogP contribution in [0.3, 0.4) is 0 Å². The normalized spacial score (nSPS) is 10.3. The number of amides is 2. The van der Waals surface area contributed by atoms with E-state index in [0.717, 1.165) is 11.1 Å². The first kappa shape index (κ1) is 20.2. The van der Waals surface area contributed by atoms with E-state index in [1.807, 2.05) is 36.4 Å². The minimum absolute atomic E-state index is 0.0112. The molecule has 0 aliphatic carbocycles. The Kier molecular flexibility index (Phi) is 7.55. The van der Waals surface area contributed by atoms with Crippen molar-refractivity contribution in [2.45, 2.75) is 19.8 Å². The van der Waals surface area contributed by atoms with E-state index < -0.39 is 5.97 Å². The van der Waals surface area contributed by atoms with Crippen LogP contribution in [0.1, 0.15) is 28.4 Å². The average Bonchev–Trinajstić information content (AvgIpc) is 2.66. The van der Waals surface area contributed by atoms with Crippen LogP contribution in [0.25, 0.3) is 0 Å². The van der Waals surface area contributed by atoms with Gasteiger partial charge in [-0.2, -0.15) is 0 Å². The predicted molar refractivity (Wildman–Crippen MR) is 103 cm³/mol. The van der Waals surface area contributed by atoms with Crippen LogP contribution in [0.5, 0.6) is 0 Å². The highest BCUT2D eigenvalue weighted by molar-refractivity contribution is 5.87. The van der Waals surface area contributed by atoms with Gasteiger partial charge in [-0.3, -0.25) is 9.59 Å². The molecule has 2 aromatic carbocycles. The van der Waals surface area contributed by atoms with Gasteiger partial charge in [0.1, 0.15) is 0 Å². The van der Waals surface area contributed by atoms with E-state index in [0.29, 0.717) is 25.9 Å². The highest BCUT2D eigenvalue weighted by atomic mass is 16.4. The van der Waals surface area contributed by atoms with E-state index in [-0.39, 0.29) is 23.9 Å². The number of carboxylic acids is 1. The first-order valence-corrected chi connectivity index (χ1v) is 8.84. The van der Waals surface area contributed by atoms with Crippen LogP contribution >= 0.6 is 0 Å². The summed E-state index contributed by atoms with van der Waals surface area (Å²) in [6.07, 6.45) is 1.21. The lowest BCUT2D eigenvalue weighted by Crippen LogP contribution is -2.41. The smallest absolute Gasteiger partial charge is 0.335 e. The number of rotatable bonds is 9. The van der Waals surface area contributed by atoms with Crippen molar-refractivity contribution >= 4 is 17.8 Å². The predicted octanol–water partition coefficient (Wildman–Crippen LogP) is 2.13. The number of nitrogens with one attached hydrogen (secondary N) is 1. The number of nitrogens with zero attached hydrogens (tertiary/aromatic N) is 1. The summed E-state index contributed by atoms with van der Waals surface area (Å²) in [6, 6.07) is 16.4. The monoisotopic (exact) mass is 368 g/mol. The third-order valence-corrected chi connectivity index (χ3v) is 4.20. The van der Waals surface area contributed by atoms with Crippen molar-refractivity contribution in [1.29, 1.82) is 0 Å². The van der Waals surface area contributed by atoms with Gasteiger partial charge in [-0.05, 0) is 36.1 Å². The maximum Gasteiger partial charge on any atom is 0.335 e. The lowest BCUT2D eigenvalue weighted by molar-refractivity contribution is -0.134. The van der Waals surface area contributed by atoms with Gasteiger partial charge in [0, 0.05) is 20.0 Å². The standard InChI is InChI=1S/C21H24N2O4/c1-16(24)23(13-11-17-6-3-2-4-7-17)15-20(25)22-12-10-18-8-5-9-19(14-18)21(26)27/h2-9,14H,10-13,15H2,1H3,(H,22,25)(H,26,27). The summed E-state index contributed by atoms with van der Waals surface area (Å²) in [5.41, 5.74) is 2.17. The Morgan fingerprint density at radius 3 is 2.33 bits per heavy atom. The number of carboxylic acid groups (broad SMARTS) is 1. The minimum Gasteiger partial charge on any atom is -0.478 e. The van der Waals surface area contributed by atoms with Crippen molar-refractivity contribution in [3.8, 4) is 0 Å². The minimum atomic E-state index is -0.976. The molecule has 0 radical (unpaired) electrons.